The Kier molecular flexibility index (Phi) is 3.29. The summed E-state index contributed by atoms with van der Waals surface area (Å²) in [6.07, 6.45) is 5.49. The fourth-order valence-corrected chi connectivity index (χ4v) is 5.12. The first-order valence-electron chi connectivity index (χ1n) is 7.53. The van der Waals surface area contributed by atoms with Crippen molar-refractivity contribution >= 4 is 17.3 Å². The van der Waals surface area contributed by atoms with Crippen LogP contribution in [0.5, 0.6) is 0 Å². The van der Waals surface area contributed by atoms with Gasteiger partial charge < -0.3 is 5.32 Å². The van der Waals surface area contributed by atoms with Crippen molar-refractivity contribution in [3.8, 4) is 0 Å². The summed E-state index contributed by atoms with van der Waals surface area (Å²) in [5.74, 6) is 2.59. The quantitative estimate of drug-likeness (QED) is 0.793. The Morgan fingerprint density at radius 2 is 1.79 bits per heavy atom. The molecule has 2 heteroatoms. The fraction of sp³-hybridized carbons (Fsp3) is 0.647. The van der Waals surface area contributed by atoms with Gasteiger partial charge in [-0.1, -0.05) is 31.5 Å². The van der Waals surface area contributed by atoms with Crippen LogP contribution in [0.1, 0.15) is 45.1 Å². The van der Waals surface area contributed by atoms with E-state index in [1.807, 2.05) is 7.05 Å². The van der Waals surface area contributed by atoms with Crippen molar-refractivity contribution in [2.75, 3.05) is 12.4 Å². The Balaban J connectivity index is 2.01. The number of fused-ring (bicyclic) bond motifs is 1. The summed E-state index contributed by atoms with van der Waals surface area (Å²) in [6, 6.07) is 6.67. The Bertz CT molecular complexity index is 468. The van der Waals surface area contributed by atoms with Crippen molar-refractivity contribution in [2.45, 2.75) is 44.9 Å². The summed E-state index contributed by atoms with van der Waals surface area (Å²) in [5.41, 5.74) is 2.93. The highest BCUT2D eigenvalue weighted by atomic mass is 35.5. The van der Waals surface area contributed by atoms with Crippen LogP contribution in [0.25, 0.3) is 0 Å². The number of hydrogen-bond acceptors (Lipinski definition) is 1. The zero-order chi connectivity index (χ0) is 13.6. The lowest BCUT2D eigenvalue weighted by Crippen LogP contribution is -2.25. The van der Waals surface area contributed by atoms with Gasteiger partial charge in [0.15, 0.2) is 0 Å². The number of hydrogen-bond donors (Lipinski definition) is 1. The van der Waals surface area contributed by atoms with Gasteiger partial charge in [-0.05, 0) is 66.5 Å². The molecule has 1 aromatic rings. The zero-order valence-corrected chi connectivity index (χ0v) is 12.9. The highest BCUT2D eigenvalue weighted by Crippen LogP contribution is 2.59. The second-order valence-electron chi connectivity index (χ2n) is 6.89. The van der Waals surface area contributed by atoms with Crippen LogP contribution in [0.4, 0.5) is 5.69 Å². The van der Waals surface area contributed by atoms with Crippen LogP contribution >= 0.6 is 11.6 Å². The highest BCUT2D eigenvalue weighted by molar-refractivity contribution is 6.33. The van der Waals surface area contributed by atoms with Crippen LogP contribution in [0, 0.1) is 17.8 Å². The van der Waals surface area contributed by atoms with Crippen LogP contribution in [0.2, 0.25) is 5.02 Å². The molecule has 19 heavy (non-hydrogen) atoms. The van der Waals surface area contributed by atoms with Gasteiger partial charge in [0, 0.05) is 7.05 Å². The van der Waals surface area contributed by atoms with Gasteiger partial charge in [0.2, 0.25) is 0 Å². The maximum absolute atomic E-state index is 6.41. The van der Waals surface area contributed by atoms with E-state index >= 15 is 0 Å². The largest absolute Gasteiger partial charge is 0.387 e. The number of rotatable bonds is 2. The van der Waals surface area contributed by atoms with Crippen molar-refractivity contribution in [3.63, 3.8) is 0 Å². The van der Waals surface area contributed by atoms with Gasteiger partial charge in [0.05, 0.1) is 10.7 Å². The third-order valence-electron chi connectivity index (χ3n) is 5.39. The van der Waals surface area contributed by atoms with E-state index in [0.29, 0.717) is 5.41 Å². The van der Waals surface area contributed by atoms with Crippen molar-refractivity contribution in [2.24, 2.45) is 17.8 Å². The molecule has 2 atom stereocenters. The zero-order valence-electron chi connectivity index (χ0n) is 12.2. The van der Waals surface area contributed by atoms with E-state index in [9.17, 15) is 0 Å². The Morgan fingerprint density at radius 1 is 1.16 bits per heavy atom. The summed E-state index contributed by atoms with van der Waals surface area (Å²) >= 11 is 6.41. The number of benzene rings is 1. The van der Waals surface area contributed by atoms with Crippen molar-refractivity contribution in [1.29, 1.82) is 0 Å². The number of halogens is 1. The topological polar surface area (TPSA) is 12.0 Å². The molecule has 0 amide bonds. The van der Waals surface area contributed by atoms with E-state index in [-0.39, 0.29) is 0 Å². The molecule has 1 aromatic carbocycles. The summed E-state index contributed by atoms with van der Waals surface area (Å²) in [6.45, 7) is 4.82. The maximum atomic E-state index is 6.41. The van der Waals surface area contributed by atoms with Crippen LogP contribution in [0.3, 0.4) is 0 Å². The average molecular weight is 278 g/mol. The van der Waals surface area contributed by atoms with Crippen molar-refractivity contribution in [3.05, 3.63) is 28.8 Å². The van der Waals surface area contributed by atoms with Crippen molar-refractivity contribution in [1.82, 2.24) is 0 Å². The Morgan fingerprint density at radius 3 is 2.32 bits per heavy atom. The SMILES string of the molecule is CNc1ccc(C23CC(C)CC2CC(C)C3)cc1Cl. The van der Waals surface area contributed by atoms with Crippen LogP contribution in [-0.2, 0) is 5.41 Å². The first kappa shape index (κ1) is 13.3. The van der Waals surface area contributed by atoms with Gasteiger partial charge in [-0.3, -0.25) is 0 Å². The van der Waals surface area contributed by atoms with Gasteiger partial charge in [-0.2, -0.15) is 0 Å². The molecule has 2 fully saturated rings. The lowest BCUT2D eigenvalue weighted by Gasteiger charge is -2.31. The van der Waals surface area contributed by atoms with E-state index in [0.717, 1.165) is 28.5 Å². The summed E-state index contributed by atoms with van der Waals surface area (Å²) in [4.78, 5) is 0. The molecule has 2 unspecified atom stereocenters. The van der Waals surface area contributed by atoms with Gasteiger partial charge in [0.25, 0.3) is 0 Å². The smallest absolute Gasteiger partial charge is 0.0640 e. The minimum Gasteiger partial charge on any atom is -0.387 e. The molecule has 0 bridgehead atoms. The number of anilines is 1. The van der Waals surface area contributed by atoms with E-state index in [2.05, 4.69) is 37.4 Å². The third kappa shape index (κ3) is 2.07. The van der Waals surface area contributed by atoms with Crippen LogP contribution < -0.4 is 5.32 Å². The molecule has 0 spiro atoms. The highest BCUT2D eigenvalue weighted by Gasteiger charge is 2.51. The average Bonchev–Trinajstić information content (AvgIpc) is 2.80. The molecule has 2 saturated carbocycles. The van der Waals surface area contributed by atoms with Gasteiger partial charge in [0.1, 0.15) is 0 Å². The van der Waals surface area contributed by atoms with E-state index in [4.69, 9.17) is 11.6 Å². The van der Waals surface area contributed by atoms with Crippen molar-refractivity contribution < 1.29 is 0 Å². The molecule has 0 saturated heterocycles. The van der Waals surface area contributed by atoms with E-state index in [1.165, 1.54) is 31.2 Å². The predicted octanol–water partition coefficient (Wildman–Crippen LogP) is 5.10. The molecule has 0 aliphatic heterocycles. The summed E-state index contributed by atoms with van der Waals surface area (Å²) < 4.78 is 0. The molecule has 1 N–H and O–H groups in total. The second-order valence-corrected chi connectivity index (χ2v) is 7.29. The van der Waals surface area contributed by atoms with Gasteiger partial charge in [-0.25, -0.2) is 0 Å². The molecule has 1 nitrogen and oxygen atoms in total. The molecule has 0 aromatic heterocycles. The first-order valence-corrected chi connectivity index (χ1v) is 7.90. The monoisotopic (exact) mass is 277 g/mol. The number of nitrogens with one attached hydrogen (secondary N) is 1. The summed E-state index contributed by atoms with van der Waals surface area (Å²) in [5, 5.41) is 4.02. The second kappa shape index (κ2) is 4.70. The molecule has 2 aliphatic rings. The first-order chi connectivity index (χ1) is 9.05. The lowest BCUT2D eigenvalue weighted by atomic mass is 9.73. The maximum Gasteiger partial charge on any atom is 0.0640 e. The molecular weight excluding hydrogens is 254 g/mol. The molecule has 2 aliphatic carbocycles. The predicted molar refractivity (Wildman–Crippen MR) is 83.0 cm³/mol. The fourth-order valence-electron chi connectivity index (χ4n) is 4.84. The van der Waals surface area contributed by atoms with Gasteiger partial charge >= 0.3 is 0 Å². The van der Waals surface area contributed by atoms with Crippen LogP contribution in [-0.4, -0.2) is 7.05 Å². The lowest BCUT2D eigenvalue weighted by molar-refractivity contribution is 0.364. The molecule has 0 heterocycles. The van der Waals surface area contributed by atoms with E-state index < -0.39 is 0 Å². The standard InChI is InChI=1S/C17H24ClN/c1-11-6-14-7-12(2)10-17(14,9-11)13-4-5-16(19-3)15(18)8-13/h4-5,8,11-12,14,19H,6-7,9-10H2,1-3H3. The third-order valence-corrected chi connectivity index (χ3v) is 5.71. The minimum atomic E-state index is 0.411. The molecule has 0 radical (unpaired) electrons. The normalized spacial score (nSPS) is 37.4. The summed E-state index contributed by atoms with van der Waals surface area (Å²) in [7, 11) is 1.93. The van der Waals surface area contributed by atoms with Gasteiger partial charge in [-0.15, -0.1) is 0 Å². The van der Waals surface area contributed by atoms with E-state index in [1.54, 1.807) is 0 Å². The molecular formula is C17H24ClN. The Labute approximate surface area is 121 Å². The molecule has 104 valence electrons. The Hall–Kier alpha value is -0.690. The van der Waals surface area contributed by atoms with Crippen LogP contribution in [0.15, 0.2) is 18.2 Å². The minimum absolute atomic E-state index is 0.411. The molecule has 3 rings (SSSR count).